The Balaban J connectivity index is 2.21. The Morgan fingerprint density at radius 2 is 1.77 bits per heavy atom. The van der Waals surface area contributed by atoms with E-state index in [1.165, 1.54) is 12.1 Å². The van der Waals surface area contributed by atoms with Gasteiger partial charge in [0.1, 0.15) is 5.82 Å². The molecule has 0 N–H and O–H groups in total. The van der Waals surface area contributed by atoms with Crippen molar-refractivity contribution in [1.29, 1.82) is 0 Å². The van der Waals surface area contributed by atoms with Crippen molar-refractivity contribution in [1.82, 2.24) is 9.55 Å². The summed E-state index contributed by atoms with van der Waals surface area (Å²) in [5.74, 6) is 0.312. The van der Waals surface area contributed by atoms with E-state index in [0.29, 0.717) is 17.9 Å². The zero-order chi connectivity index (χ0) is 15.7. The van der Waals surface area contributed by atoms with Gasteiger partial charge in [0.2, 0.25) is 5.95 Å². The fraction of sp³-hybridized carbons (Fsp3) is 0.176. The molecule has 22 heavy (non-hydrogen) atoms. The van der Waals surface area contributed by atoms with E-state index >= 15 is 0 Å². The van der Waals surface area contributed by atoms with Crippen LogP contribution in [0.15, 0.2) is 53.3 Å². The molecule has 0 saturated heterocycles. The highest BCUT2D eigenvalue weighted by Crippen LogP contribution is 2.18. The highest BCUT2D eigenvalue weighted by atomic mass is 19.1. The molecule has 4 nitrogen and oxygen atoms in total. The molecule has 0 spiro atoms. The van der Waals surface area contributed by atoms with Gasteiger partial charge in [-0.3, -0.25) is 4.79 Å². The largest absolute Gasteiger partial charge is 0.348 e. The number of hydrogen-bond donors (Lipinski definition) is 0. The lowest BCUT2D eigenvalue weighted by Crippen LogP contribution is -2.24. The second kappa shape index (κ2) is 5.60. The zero-order valence-corrected chi connectivity index (χ0v) is 12.5. The third kappa shape index (κ3) is 2.57. The first-order valence-electron chi connectivity index (χ1n) is 6.97. The number of aromatic nitrogens is 2. The first kappa shape index (κ1) is 14.3. The lowest BCUT2D eigenvalue weighted by molar-refractivity contribution is 0.626. The average molecular weight is 297 g/mol. The van der Waals surface area contributed by atoms with Crippen molar-refractivity contribution in [3.63, 3.8) is 0 Å². The van der Waals surface area contributed by atoms with Crippen molar-refractivity contribution >= 4 is 16.9 Å². The predicted molar refractivity (Wildman–Crippen MR) is 85.8 cm³/mol. The fourth-order valence-electron chi connectivity index (χ4n) is 2.48. The van der Waals surface area contributed by atoms with E-state index in [-0.39, 0.29) is 11.4 Å². The summed E-state index contributed by atoms with van der Waals surface area (Å²) in [5.41, 5.74) is 1.52. The van der Waals surface area contributed by atoms with Crippen LogP contribution in [-0.4, -0.2) is 23.6 Å². The van der Waals surface area contributed by atoms with E-state index in [1.54, 1.807) is 23.1 Å². The first-order valence-corrected chi connectivity index (χ1v) is 6.97. The molecule has 0 saturated carbocycles. The molecule has 0 bridgehead atoms. The van der Waals surface area contributed by atoms with Crippen molar-refractivity contribution in [3.8, 4) is 0 Å². The van der Waals surface area contributed by atoms with E-state index in [4.69, 9.17) is 0 Å². The summed E-state index contributed by atoms with van der Waals surface area (Å²) in [6, 6.07) is 13.7. The van der Waals surface area contributed by atoms with Crippen LogP contribution in [0.5, 0.6) is 0 Å². The molecule has 5 heteroatoms. The minimum Gasteiger partial charge on any atom is -0.348 e. The molecule has 3 rings (SSSR count). The summed E-state index contributed by atoms with van der Waals surface area (Å²) in [6.45, 7) is 0.515. The van der Waals surface area contributed by atoms with Crippen molar-refractivity contribution in [2.45, 2.75) is 6.54 Å². The van der Waals surface area contributed by atoms with Crippen LogP contribution < -0.4 is 10.5 Å². The second-order valence-electron chi connectivity index (χ2n) is 5.34. The molecule has 0 radical (unpaired) electrons. The number of benzene rings is 2. The summed E-state index contributed by atoms with van der Waals surface area (Å²) < 4.78 is 15.0. The monoisotopic (exact) mass is 297 g/mol. The predicted octanol–water partition coefficient (Wildman–Crippen LogP) is 2.65. The van der Waals surface area contributed by atoms with Crippen LogP contribution in [0.25, 0.3) is 10.9 Å². The summed E-state index contributed by atoms with van der Waals surface area (Å²) in [4.78, 5) is 18.1. The van der Waals surface area contributed by atoms with Crippen LogP contribution in [0.1, 0.15) is 5.56 Å². The van der Waals surface area contributed by atoms with Gasteiger partial charge in [0.05, 0.1) is 17.4 Å². The molecule has 3 aromatic rings. The van der Waals surface area contributed by atoms with Crippen molar-refractivity contribution in [2.75, 3.05) is 19.0 Å². The number of rotatable bonds is 3. The molecule has 1 heterocycles. The number of hydrogen-bond acceptors (Lipinski definition) is 3. The molecule has 0 unspecified atom stereocenters. The Hall–Kier alpha value is -2.69. The third-order valence-electron chi connectivity index (χ3n) is 3.52. The van der Waals surface area contributed by atoms with Gasteiger partial charge in [-0.25, -0.2) is 4.39 Å². The number of fused-ring (bicyclic) bond motifs is 1. The van der Waals surface area contributed by atoms with Gasteiger partial charge in [-0.05, 0) is 29.8 Å². The van der Waals surface area contributed by atoms with Gasteiger partial charge in [0.25, 0.3) is 5.56 Å². The number of halogens is 1. The van der Waals surface area contributed by atoms with Crippen LogP contribution >= 0.6 is 0 Å². The van der Waals surface area contributed by atoms with Gasteiger partial charge < -0.3 is 9.47 Å². The second-order valence-corrected chi connectivity index (χ2v) is 5.34. The maximum absolute atomic E-state index is 13.1. The van der Waals surface area contributed by atoms with Gasteiger partial charge in [0, 0.05) is 14.1 Å². The Bertz CT molecular complexity index is 869. The summed E-state index contributed by atoms with van der Waals surface area (Å²) in [6.07, 6.45) is 0. The topological polar surface area (TPSA) is 38.1 Å². The highest BCUT2D eigenvalue weighted by molar-refractivity contribution is 5.79. The van der Waals surface area contributed by atoms with Crippen LogP contribution in [0.3, 0.4) is 0 Å². The number of nitrogens with zero attached hydrogens (tertiary/aromatic N) is 3. The van der Waals surface area contributed by atoms with Crippen molar-refractivity contribution in [3.05, 3.63) is 70.3 Å². The molecule has 0 amide bonds. The van der Waals surface area contributed by atoms with Crippen molar-refractivity contribution < 1.29 is 4.39 Å². The standard InChI is InChI=1S/C17H16FN3O/c1-20(2)17-19-16(22)14-5-3-4-6-15(14)21(17)11-12-7-9-13(18)10-8-12/h3-10H,11H2,1-2H3. The molecular weight excluding hydrogens is 281 g/mol. The minimum absolute atomic E-state index is 0.241. The van der Waals surface area contributed by atoms with Crippen LogP contribution in [0.2, 0.25) is 0 Å². The summed E-state index contributed by atoms with van der Waals surface area (Å²) in [5, 5.41) is 0.579. The molecule has 0 aliphatic carbocycles. The van der Waals surface area contributed by atoms with E-state index in [1.807, 2.05) is 36.9 Å². The normalized spacial score (nSPS) is 10.9. The lowest BCUT2D eigenvalue weighted by Gasteiger charge is -2.20. The van der Waals surface area contributed by atoms with Gasteiger partial charge in [-0.1, -0.05) is 24.3 Å². The molecular formula is C17H16FN3O. The highest BCUT2D eigenvalue weighted by Gasteiger charge is 2.12. The molecule has 0 aliphatic rings. The molecule has 0 aliphatic heterocycles. The number of anilines is 1. The van der Waals surface area contributed by atoms with Gasteiger partial charge in [-0.2, -0.15) is 4.98 Å². The summed E-state index contributed by atoms with van der Waals surface area (Å²) >= 11 is 0. The minimum atomic E-state index is -0.264. The lowest BCUT2D eigenvalue weighted by atomic mass is 10.2. The Kier molecular flexibility index (Phi) is 3.63. The maximum Gasteiger partial charge on any atom is 0.282 e. The maximum atomic E-state index is 13.1. The first-order chi connectivity index (χ1) is 10.6. The molecule has 1 aromatic heterocycles. The van der Waals surface area contributed by atoms with E-state index in [2.05, 4.69) is 4.98 Å². The molecule has 0 fully saturated rings. The van der Waals surface area contributed by atoms with Gasteiger partial charge in [-0.15, -0.1) is 0 Å². The van der Waals surface area contributed by atoms with Gasteiger partial charge >= 0.3 is 0 Å². The Labute approximate surface area is 127 Å². The summed E-state index contributed by atoms with van der Waals surface area (Å²) in [7, 11) is 3.69. The van der Waals surface area contributed by atoms with E-state index < -0.39 is 0 Å². The number of para-hydroxylation sites is 1. The Morgan fingerprint density at radius 3 is 2.45 bits per heavy atom. The van der Waals surface area contributed by atoms with Crippen LogP contribution in [0.4, 0.5) is 10.3 Å². The Morgan fingerprint density at radius 1 is 1.09 bits per heavy atom. The fourth-order valence-corrected chi connectivity index (χ4v) is 2.48. The van der Waals surface area contributed by atoms with Gasteiger partial charge in [0.15, 0.2) is 0 Å². The van der Waals surface area contributed by atoms with Crippen molar-refractivity contribution in [2.24, 2.45) is 0 Å². The smallest absolute Gasteiger partial charge is 0.282 e. The molecule has 112 valence electrons. The van der Waals surface area contributed by atoms with Crippen LogP contribution in [0, 0.1) is 5.82 Å². The average Bonchev–Trinajstić information content (AvgIpc) is 2.52. The zero-order valence-electron chi connectivity index (χ0n) is 12.5. The third-order valence-corrected chi connectivity index (χ3v) is 3.52. The van der Waals surface area contributed by atoms with E-state index in [9.17, 15) is 9.18 Å². The molecule has 0 atom stereocenters. The molecule has 2 aromatic carbocycles. The van der Waals surface area contributed by atoms with E-state index in [0.717, 1.165) is 11.1 Å². The quantitative estimate of drug-likeness (QED) is 0.746. The van der Waals surface area contributed by atoms with Crippen LogP contribution in [-0.2, 0) is 6.54 Å². The SMILES string of the molecule is CN(C)c1nc(=O)c2ccccc2n1Cc1ccc(F)cc1.